The Morgan fingerprint density at radius 3 is 2.44 bits per heavy atom. The van der Waals surface area contributed by atoms with Crippen molar-refractivity contribution in [2.75, 3.05) is 13.2 Å². The average Bonchev–Trinajstić information content (AvgIpc) is 3.42. The highest BCUT2D eigenvalue weighted by atomic mass is 79.9. The van der Waals surface area contributed by atoms with E-state index in [1.165, 1.54) is 0 Å². The van der Waals surface area contributed by atoms with Crippen LogP contribution in [-0.2, 0) is 25.7 Å². The minimum atomic E-state index is -1.07. The molecule has 3 aliphatic rings. The molecule has 4 rings (SSSR count). The maximum atomic E-state index is 14.1. The minimum Gasteiger partial charge on any atom is -0.396 e. The number of aliphatic hydroxyl groups excluding tert-OH is 1. The summed E-state index contributed by atoms with van der Waals surface area (Å²) in [6.45, 7) is 11.3. The summed E-state index contributed by atoms with van der Waals surface area (Å²) in [5, 5.41) is 15.5. The van der Waals surface area contributed by atoms with Crippen LogP contribution in [0.1, 0.15) is 72.3 Å². The third-order valence-electron chi connectivity index (χ3n) is 8.14. The molecule has 1 spiro atoms. The number of hydrogen-bond donors (Lipinski definition) is 3. The normalized spacial score (nSPS) is 30.0. The van der Waals surface area contributed by atoms with Crippen molar-refractivity contribution in [3.63, 3.8) is 0 Å². The van der Waals surface area contributed by atoms with Gasteiger partial charge in [0, 0.05) is 30.1 Å². The first-order valence-electron chi connectivity index (χ1n) is 14.2. The molecule has 0 aliphatic carbocycles. The number of likely N-dealkylation sites (tertiary alicyclic amines) is 1. The number of carbonyl (C=O) groups excluding carboxylic acids is 3. The van der Waals surface area contributed by atoms with Gasteiger partial charge in [0.2, 0.25) is 17.7 Å². The van der Waals surface area contributed by atoms with E-state index in [4.69, 9.17) is 4.74 Å². The molecule has 6 atom stereocenters. The van der Waals surface area contributed by atoms with Crippen LogP contribution in [0.3, 0.4) is 0 Å². The van der Waals surface area contributed by atoms with Gasteiger partial charge in [0.1, 0.15) is 11.6 Å². The first-order valence-corrected chi connectivity index (χ1v) is 15.1. The standard InChI is InChI=1S/C30H44BrN3O5/c1-28(2,3)18-29(4,5)33-26(37)24-30-16-20(31)23(39-30)21(25(36)32-17-19-12-8-6-9-13-19)22(30)27(38)34(24)14-10-7-11-15-35/h6,8-9,12-13,20-24,35H,7,10-11,14-18H2,1-5H3,(H,32,36)(H,33,37)/t20?,21-,22+,23-,24?,30?/m1/s1. The molecule has 3 unspecified atom stereocenters. The Hall–Kier alpha value is -1.97. The molecular formula is C30H44BrN3O5. The Morgan fingerprint density at radius 2 is 1.79 bits per heavy atom. The monoisotopic (exact) mass is 605 g/mol. The number of nitrogens with zero attached hydrogens (tertiary/aromatic N) is 1. The zero-order valence-electron chi connectivity index (χ0n) is 23.8. The fourth-order valence-corrected chi connectivity index (χ4v) is 8.16. The lowest BCUT2D eigenvalue weighted by Gasteiger charge is -2.38. The van der Waals surface area contributed by atoms with E-state index < -0.39 is 35.1 Å². The van der Waals surface area contributed by atoms with Gasteiger partial charge in [-0.1, -0.05) is 67.0 Å². The third-order valence-corrected chi connectivity index (χ3v) is 8.99. The summed E-state index contributed by atoms with van der Waals surface area (Å²) in [6, 6.07) is 8.84. The van der Waals surface area contributed by atoms with Crippen molar-refractivity contribution >= 4 is 33.7 Å². The van der Waals surface area contributed by atoms with Gasteiger partial charge in [0.05, 0.1) is 17.9 Å². The molecule has 3 aliphatic heterocycles. The second-order valence-electron chi connectivity index (χ2n) is 13.3. The third kappa shape index (κ3) is 6.20. The van der Waals surface area contributed by atoms with E-state index in [0.717, 1.165) is 18.4 Å². The maximum Gasteiger partial charge on any atom is 0.246 e. The van der Waals surface area contributed by atoms with Crippen molar-refractivity contribution in [2.24, 2.45) is 17.3 Å². The Bertz CT molecular complexity index is 1060. The predicted molar refractivity (Wildman–Crippen MR) is 153 cm³/mol. The van der Waals surface area contributed by atoms with Crippen LogP contribution < -0.4 is 10.6 Å². The number of hydrogen-bond acceptors (Lipinski definition) is 5. The molecule has 3 saturated heterocycles. The van der Waals surface area contributed by atoms with E-state index in [-0.39, 0.29) is 34.6 Å². The number of nitrogens with one attached hydrogen (secondary N) is 2. The number of unbranched alkanes of at least 4 members (excludes halogenated alkanes) is 2. The van der Waals surface area contributed by atoms with E-state index >= 15 is 0 Å². The summed E-state index contributed by atoms with van der Waals surface area (Å²) in [4.78, 5) is 43.2. The molecule has 39 heavy (non-hydrogen) atoms. The zero-order chi connectivity index (χ0) is 28.6. The van der Waals surface area contributed by atoms with E-state index in [0.29, 0.717) is 32.4 Å². The van der Waals surface area contributed by atoms with Gasteiger partial charge >= 0.3 is 0 Å². The molecule has 3 heterocycles. The number of halogens is 1. The molecular weight excluding hydrogens is 562 g/mol. The lowest BCUT2D eigenvalue weighted by molar-refractivity contribution is -0.143. The topological polar surface area (TPSA) is 108 Å². The van der Waals surface area contributed by atoms with Crippen molar-refractivity contribution in [3.8, 4) is 0 Å². The Balaban J connectivity index is 1.61. The summed E-state index contributed by atoms with van der Waals surface area (Å²) in [5.41, 5.74) is -0.587. The molecule has 3 fully saturated rings. The molecule has 8 nitrogen and oxygen atoms in total. The summed E-state index contributed by atoms with van der Waals surface area (Å²) in [6.07, 6.45) is 2.81. The molecule has 1 aromatic rings. The molecule has 2 bridgehead atoms. The number of fused-ring (bicyclic) bond motifs is 1. The zero-order valence-corrected chi connectivity index (χ0v) is 25.4. The largest absolute Gasteiger partial charge is 0.396 e. The predicted octanol–water partition coefficient (Wildman–Crippen LogP) is 3.54. The number of rotatable bonds is 11. The highest BCUT2D eigenvalue weighted by Gasteiger charge is 2.76. The van der Waals surface area contributed by atoms with E-state index in [1.54, 1.807) is 4.90 Å². The molecule has 216 valence electrons. The first kappa shape index (κ1) is 30.0. The number of aliphatic hydroxyl groups is 1. The fourth-order valence-electron chi connectivity index (χ4n) is 7.22. The summed E-state index contributed by atoms with van der Waals surface area (Å²) in [5.74, 6) is -2.03. The first-order chi connectivity index (χ1) is 18.3. The number of ether oxygens (including phenoxy) is 1. The second kappa shape index (κ2) is 11.5. The molecule has 3 amide bonds. The minimum absolute atomic E-state index is 0.00170. The molecule has 0 radical (unpaired) electrons. The van der Waals surface area contributed by atoms with Gasteiger partial charge in [-0.15, -0.1) is 0 Å². The quantitative estimate of drug-likeness (QED) is 0.264. The lowest BCUT2D eigenvalue weighted by Crippen LogP contribution is -2.59. The van der Waals surface area contributed by atoms with Gasteiger partial charge in [-0.3, -0.25) is 14.4 Å². The van der Waals surface area contributed by atoms with Crippen molar-refractivity contribution in [1.82, 2.24) is 15.5 Å². The van der Waals surface area contributed by atoms with Gasteiger partial charge in [-0.05, 0) is 56.9 Å². The Morgan fingerprint density at radius 1 is 1.10 bits per heavy atom. The molecule has 1 aromatic carbocycles. The highest BCUT2D eigenvalue weighted by molar-refractivity contribution is 9.09. The molecule has 3 N–H and O–H groups in total. The number of carbonyl (C=O) groups is 3. The average molecular weight is 607 g/mol. The van der Waals surface area contributed by atoms with Crippen molar-refractivity contribution in [3.05, 3.63) is 35.9 Å². The van der Waals surface area contributed by atoms with Crippen molar-refractivity contribution in [1.29, 1.82) is 0 Å². The molecule has 9 heteroatoms. The van der Waals surface area contributed by atoms with Gasteiger partial charge < -0.3 is 25.4 Å². The summed E-state index contributed by atoms with van der Waals surface area (Å²) in [7, 11) is 0. The van der Waals surface area contributed by atoms with E-state index in [2.05, 4.69) is 47.3 Å². The van der Waals surface area contributed by atoms with Crippen LogP contribution in [0.15, 0.2) is 30.3 Å². The van der Waals surface area contributed by atoms with Gasteiger partial charge in [0.25, 0.3) is 0 Å². The Labute approximate surface area is 240 Å². The van der Waals surface area contributed by atoms with Crippen molar-refractivity contribution in [2.45, 2.75) is 101 Å². The van der Waals surface area contributed by atoms with Crippen LogP contribution in [0, 0.1) is 17.3 Å². The van der Waals surface area contributed by atoms with Crippen LogP contribution in [-0.4, -0.2) is 69.0 Å². The molecule has 0 saturated carbocycles. The number of benzene rings is 1. The van der Waals surface area contributed by atoms with Gasteiger partial charge in [-0.2, -0.15) is 0 Å². The van der Waals surface area contributed by atoms with Crippen LogP contribution in [0.4, 0.5) is 0 Å². The Kier molecular flexibility index (Phi) is 8.84. The van der Waals surface area contributed by atoms with Crippen LogP contribution in [0.25, 0.3) is 0 Å². The molecule has 0 aromatic heterocycles. The van der Waals surface area contributed by atoms with Crippen LogP contribution in [0.5, 0.6) is 0 Å². The fraction of sp³-hybridized carbons (Fsp3) is 0.700. The van der Waals surface area contributed by atoms with Gasteiger partial charge in [0.15, 0.2) is 0 Å². The second-order valence-corrected chi connectivity index (χ2v) is 14.5. The van der Waals surface area contributed by atoms with E-state index in [9.17, 15) is 19.5 Å². The number of alkyl halides is 1. The SMILES string of the molecule is CC(C)(C)CC(C)(C)NC(=O)C1N(CCCCCO)C(=O)[C@@H]2[C@@H](C(=O)NCc3ccccc3)[C@@H]3OC12CC3Br. The van der Waals surface area contributed by atoms with Crippen LogP contribution in [0.2, 0.25) is 0 Å². The smallest absolute Gasteiger partial charge is 0.246 e. The maximum absolute atomic E-state index is 14.1. The lowest BCUT2D eigenvalue weighted by atomic mass is 9.70. The summed E-state index contributed by atoms with van der Waals surface area (Å²) < 4.78 is 6.59. The van der Waals surface area contributed by atoms with E-state index in [1.807, 2.05) is 44.2 Å². The van der Waals surface area contributed by atoms with Gasteiger partial charge in [-0.25, -0.2) is 0 Å². The van der Waals surface area contributed by atoms with Crippen molar-refractivity contribution < 1.29 is 24.2 Å². The highest BCUT2D eigenvalue weighted by Crippen LogP contribution is 2.60. The van der Waals surface area contributed by atoms with Crippen LogP contribution >= 0.6 is 15.9 Å². The number of amides is 3. The summed E-state index contributed by atoms with van der Waals surface area (Å²) >= 11 is 3.73.